The van der Waals surface area contributed by atoms with Crippen molar-refractivity contribution in [3.8, 4) is 0 Å². The van der Waals surface area contributed by atoms with Gasteiger partial charge in [-0.25, -0.2) is 4.79 Å². The Morgan fingerprint density at radius 1 is 1.08 bits per heavy atom. The summed E-state index contributed by atoms with van der Waals surface area (Å²) in [5.74, 6) is -0.408. The Hall–Kier alpha value is -1.93. The number of likely N-dealkylation sites (tertiary alicyclic amines) is 2. The summed E-state index contributed by atoms with van der Waals surface area (Å²) in [6.45, 7) is 4.25. The molecule has 1 aromatic heterocycles. The van der Waals surface area contributed by atoms with Gasteiger partial charge in [-0.1, -0.05) is 0 Å². The molecule has 3 heterocycles. The Balaban J connectivity index is 1.54. The van der Waals surface area contributed by atoms with Crippen LogP contribution in [0.4, 0.5) is 0 Å². The van der Waals surface area contributed by atoms with Crippen molar-refractivity contribution >= 4 is 5.91 Å². The van der Waals surface area contributed by atoms with Crippen LogP contribution in [-0.2, 0) is 7.05 Å². The predicted molar refractivity (Wildman–Crippen MR) is 94.9 cm³/mol. The molecule has 1 aromatic rings. The molecule has 1 amide bonds. The summed E-state index contributed by atoms with van der Waals surface area (Å²) < 4.78 is 1.21. The Morgan fingerprint density at radius 2 is 1.72 bits per heavy atom. The lowest BCUT2D eigenvalue weighted by molar-refractivity contribution is 0.0805. The van der Waals surface area contributed by atoms with Gasteiger partial charge in [-0.15, -0.1) is 0 Å². The summed E-state index contributed by atoms with van der Waals surface area (Å²) in [5.41, 5.74) is -1.17. The van der Waals surface area contributed by atoms with E-state index in [1.165, 1.54) is 30.7 Å². The molecule has 138 valence electrons. The second-order valence-electron chi connectivity index (χ2n) is 7.23. The van der Waals surface area contributed by atoms with E-state index in [0.717, 1.165) is 39.0 Å². The molecule has 3 rings (SSSR count). The van der Waals surface area contributed by atoms with Crippen LogP contribution >= 0.6 is 0 Å². The van der Waals surface area contributed by atoms with Crippen LogP contribution in [-0.4, -0.2) is 70.6 Å². The highest BCUT2D eigenvalue weighted by Gasteiger charge is 2.28. The molecular formula is C17H27N5O3. The van der Waals surface area contributed by atoms with Gasteiger partial charge in [-0.2, -0.15) is 0 Å². The first-order valence-electron chi connectivity index (χ1n) is 8.97. The molecule has 0 spiro atoms. The van der Waals surface area contributed by atoms with Crippen molar-refractivity contribution in [2.24, 2.45) is 7.05 Å². The summed E-state index contributed by atoms with van der Waals surface area (Å²) in [4.78, 5) is 42.6. The fraction of sp³-hybridized carbons (Fsp3) is 0.706. The molecule has 8 nitrogen and oxygen atoms in total. The van der Waals surface area contributed by atoms with Crippen LogP contribution in [0.1, 0.15) is 36.0 Å². The van der Waals surface area contributed by atoms with Crippen LogP contribution in [0.5, 0.6) is 0 Å². The van der Waals surface area contributed by atoms with E-state index in [9.17, 15) is 14.4 Å². The lowest BCUT2D eigenvalue weighted by atomic mass is 9.98. The Bertz CT molecular complexity index is 725. The number of piperidine rings is 2. The number of H-pyrrole nitrogens is 1. The summed E-state index contributed by atoms with van der Waals surface area (Å²) in [6.07, 6.45) is 5.50. The van der Waals surface area contributed by atoms with Crippen molar-refractivity contribution in [1.29, 1.82) is 0 Å². The van der Waals surface area contributed by atoms with Crippen molar-refractivity contribution in [2.75, 3.05) is 33.2 Å². The third-order valence-electron chi connectivity index (χ3n) is 5.42. The Morgan fingerprint density at radius 3 is 2.36 bits per heavy atom. The average Bonchev–Trinajstić information content (AvgIpc) is 2.59. The summed E-state index contributed by atoms with van der Waals surface area (Å²) in [7, 11) is 3.67. The Kier molecular flexibility index (Phi) is 5.39. The minimum absolute atomic E-state index is 0.0140. The molecule has 0 radical (unpaired) electrons. The van der Waals surface area contributed by atoms with Crippen LogP contribution in [0.2, 0.25) is 0 Å². The van der Waals surface area contributed by atoms with E-state index >= 15 is 0 Å². The zero-order valence-corrected chi connectivity index (χ0v) is 15.0. The molecule has 2 aliphatic heterocycles. The van der Waals surface area contributed by atoms with Crippen LogP contribution in [0.15, 0.2) is 15.8 Å². The Labute approximate surface area is 146 Å². The van der Waals surface area contributed by atoms with Crippen molar-refractivity contribution in [3.63, 3.8) is 0 Å². The molecule has 0 unspecified atom stereocenters. The van der Waals surface area contributed by atoms with Crippen molar-refractivity contribution in [1.82, 2.24) is 24.7 Å². The van der Waals surface area contributed by atoms with Gasteiger partial charge in [0.15, 0.2) is 0 Å². The monoisotopic (exact) mass is 349 g/mol. The number of aromatic nitrogens is 2. The van der Waals surface area contributed by atoms with Crippen LogP contribution in [0.3, 0.4) is 0 Å². The number of hydrogen-bond acceptors (Lipinski definition) is 5. The fourth-order valence-corrected chi connectivity index (χ4v) is 3.76. The number of aromatic amines is 1. The molecule has 2 N–H and O–H groups in total. The van der Waals surface area contributed by atoms with E-state index < -0.39 is 17.2 Å². The lowest BCUT2D eigenvalue weighted by Crippen LogP contribution is -2.51. The first-order valence-corrected chi connectivity index (χ1v) is 8.97. The zero-order chi connectivity index (χ0) is 18.0. The summed E-state index contributed by atoms with van der Waals surface area (Å²) in [5, 5.41) is 2.94. The van der Waals surface area contributed by atoms with Crippen molar-refractivity contribution in [3.05, 3.63) is 32.6 Å². The second-order valence-corrected chi connectivity index (χ2v) is 7.23. The quantitative estimate of drug-likeness (QED) is 0.758. The number of amides is 1. The maximum atomic E-state index is 12.4. The van der Waals surface area contributed by atoms with Crippen LogP contribution in [0.25, 0.3) is 0 Å². The standard InChI is InChI=1S/C17H27N5O3/c1-20-7-5-13(6-8-20)22-9-3-12(4-10-22)18-15(23)14-11-21(2)17(25)19-16(14)24/h11-13H,3-10H2,1-2H3,(H,18,23)(H,19,24,25). The number of rotatable bonds is 3. The van der Waals surface area contributed by atoms with Gasteiger partial charge in [0.05, 0.1) is 0 Å². The van der Waals surface area contributed by atoms with Crippen molar-refractivity contribution < 1.29 is 4.79 Å². The van der Waals surface area contributed by atoms with Gasteiger partial charge >= 0.3 is 5.69 Å². The first kappa shape index (κ1) is 17.9. The van der Waals surface area contributed by atoms with Crippen LogP contribution < -0.4 is 16.6 Å². The van der Waals surface area contributed by atoms with Gasteiger partial charge < -0.3 is 19.7 Å². The van der Waals surface area contributed by atoms with E-state index in [1.54, 1.807) is 0 Å². The third-order valence-corrected chi connectivity index (χ3v) is 5.42. The van der Waals surface area contributed by atoms with Crippen LogP contribution in [0, 0.1) is 0 Å². The highest BCUT2D eigenvalue weighted by Crippen LogP contribution is 2.20. The van der Waals surface area contributed by atoms with Gasteiger partial charge in [0.1, 0.15) is 5.56 Å². The number of nitrogens with one attached hydrogen (secondary N) is 2. The van der Waals surface area contributed by atoms with E-state index in [2.05, 4.69) is 27.1 Å². The number of aryl methyl sites for hydroxylation is 1. The molecule has 2 saturated heterocycles. The normalized spacial score (nSPS) is 21.4. The summed E-state index contributed by atoms with van der Waals surface area (Å²) in [6, 6.07) is 0.728. The van der Waals surface area contributed by atoms with Gasteiger partial charge in [-0.05, 0) is 45.8 Å². The molecule has 0 aliphatic carbocycles. The third kappa shape index (κ3) is 4.19. The number of hydrogen-bond donors (Lipinski definition) is 2. The lowest BCUT2D eigenvalue weighted by Gasteiger charge is -2.41. The van der Waals surface area contributed by atoms with Crippen molar-refractivity contribution in [2.45, 2.75) is 37.8 Å². The van der Waals surface area contributed by atoms with Gasteiger partial charge in [0.25, 0.3) is 11.5 Å². The smallest absolute Gasteiger partial charge is 0.328 e. The first-order chi connectivity index (χ1) is 11.9. The largest absolute Gasteiger partial charge is 0.349 e. The highest BCUT2D eigenvalue weighted by molar-refractivity contribution is 5.93. The number of carbonyl (C=O) groups excluding carboxylic acids is 1. The minimum Gasteiger partial charge on any atom is -0.349 e. The van der Waals surface area contributed by atoms with E-state index in [4.69, 9.17) is 0 Å². The second kappa shape index (κ2) is 7.53. The highest BCUT2D eigenvalue weighted by atomic mass is 16.2. The molecular weight excluding hydrogens is 322 g/mol. The topological polar surface area (TPSA) is 90.4 Å². The predicted octanol–water partition coefficient (Wildman–Crippen LogP) is -0.638. The van der Waals surface area contributed by atoms with E-state index in [0.29, 0.717) is 6.04 Å². The minimum atomic E-state index is -0.635. The average molecular weight is 349 g/mol. The van der Waals surface area contributed by atoms with Gasteiger partial charge in [0.2, 0.25) is 0 Å². The number of carbonyl (C=O) groups is 1. The molecule has 0 saturated carbocycles. The van der Waals surface area contributed by atoms with Gasteiger partial charge in [0, 0.05) is 38.4 Å². The number of nitrogens with zero attached hydrogens (tertiary/aromatic N) is 3. The zero-order valence-electron chi connectivity index (χ0n) is 15.0. The van der Waals surface area contributed by atoms with Gasteiger partial charge in [-0.3, -0.25) is 14.6 Å². The fourth-order valence-electron chi connectivity index (χ4n) is 3.76. The maximum Gasteiger partial charge on any atom is 0.328 e. The molecule has 8 heteroatoms. The molecule has 0 aromatic carbocycles. The summed E-state index contributed by atoms with van der Waals surface area (Å²) >= 11 is 0. The molecule has 2 fully saturated rings. The molecule has 0 atom stereocenters. The molecule has 2 aliphatic rings. The SMILES string of the molecule is CN1CCC(N2CCC(NC(=O)c3cn(C)c(=O)[nH]c3=O)CC2)CC1. The maximum absolute atomic E-state index is 12.4. The molecule has 0 bridgehead atoms. The van der Waals surface area contributed by atoms with E-state index in [-0.39, 0.29) is 11.6 Å². The van der Waals surface area contributed by atoms with E-state index in [1.807, 2.05) is 0 Å². The molecule has 25 heavy (non-hydrogen) atoms.